The average Bonchev–Trinajstić information content (AvgIpc) is 2.43. The normalized spacial score (nSPS) is 17.1. The van der Waals surface area contributed by atoms with E-state index in [-0.39, 0.29) is 11.7 Å². The van der Waals surface area contributed by atoms with Crippen LogP contribution in [-0.2, 0) is 9.53 Å². The van der Waals surface area contributed by atoms with E-state index in [1.807, 2.05) is 0 Å². The van der Waals surface area contributed by atoms with Crippen LogP contribution in [0.1, 0.15) is 6.92 Å². The number of carbonyl (C=O) groups is 1. The summed E-state index contributed by atoms with van der Waals surface area (Å²) >= 11 is 0. The minimum atomic E-state index is -0.997. The Balaban J connectivity index is 1.97. The second kappa shape index (κ2) is 5.97. The third-order valence-corrected chi connectivity index (χ3v) is 2.87. The number of amides is 1. The van der Waals surface area contributed by atoms with E-state index in [1.54, 1.807) is 11.8 Å². The first-order valence-corrected chi connectivity index (χ1v) is 6.06. The zero-order valence-electron chi connectivity index (χ0n) is 10.6. The predicted molar refractivity (Wildman–Crippen MR) is 63.8 cm³/mol. The Morgan fingerprint density at radius 3 is 2.63 bits per heavy atom. The van der Waals surface area contributed by atoms with Gasteiger partial charge in [-0.1, -0.05) is 0 Å². The zero-order chi connectivity index (χ0) is 13.8. The first kappa shape index (κ1) is 13.7. The fraction of sp³-hybridized carbons (Fsp3) is 0.462. The molecule has 0 spiro atoms. The molecule has 0 aliphatic carbocycles. The van der Waals surface area contributed by atoms with E-state index >= 15 is 0 Å². The maximum absolute atomic E-state index is 13.0. The van der Waals surface area contributed by atoms with Crippen LogP contribution in [0.4, 0.5) is 8.78 Å². The van der Waals surface area contributed by atoms with E-state index in [1.165, 1.54) is 6.07 Å². The molecule has 1 amide bonds. The smallest absolute Gasteiger partial charge is 0.263 e. The molecule has 19 heavy (non-hydrogen) atoms. The largest absolute Gasteiger partial charge is 0.481 e. The summed E-state index contributed by atoms with van der Waals surface area (Å²) in [7, 11) is 0. The molecule has 1 atom stereocenters. The Morgan fingerprint density at radius 2 is 2.00 bits per heavy atom. The van der Waals surface area contributed by atoms with Crippen molar-refractivity contribution >= 4 is 5.91 Å². The summed E-state index contributed by atoms with van der Waals surface area (Å²) in [6, 6.07) is 3.19. The van der Waals surface area contributed by atoms with Crippen molar-refractivity contribution in [1.29, 1.82) is 0 Å². The summed E-state index contributed by atoms with van der Waals surface area (Å²) in [5.41, 5.74) is 0. The molecule has 1 fully saturated rings. The number of rotatable bonds is 3. The molecule has 6 heteroatoms. The molecular formula is C13H15F2NO3. The lowest BCUT2D eigenvalue weighted by Crippen LogP contribution is -2.46. The first-order valence-electron chi connectivity index (χ1n) is 6.06. The monoisotopic (exact) mass is 271 g/mol. The molecule has 0 aromatic heterocycles. The zero-order valence-corrected chi connectivity index (χ0v) is 10.6. The highest BCUT2D eigenvalue weighted by atomic mass is 19.2. The molecule has 1 heterocycles. The first-order chi connectivity index (χ1) is 9.08. The Bertz CT molecular complexity index is 461. The van der Waals surface area contributed by atoms with Crippen molar-refractivity contribution < 1.29 is 23.0 Å². The van der Waals surface area contributed by atoms with Gasteiger partial charge < -0.3 is 14.4 Å². The van der Waals surface area contributed by atoms with Crippen LogP contribution in [0.25, 0.3) is 0 Å². The van der Waals surface area contributed by atoms with E-state index in [4.69, 9.17) is 9.47 Å². The number of morpholine rings is 1. The van der Waals surface area contributed by atoms with Crippen molar-refractivity contribution in [2.45, 2.75) is 13.0 Å². The van der Waals surface area contributed by atoms with Crippen LogP contribution in [0.3, 0.4) is 0 Å². The fourth-order valence-corrected chi connectivity index (χ4v) is 1.85. The van der Waals surface area contributed by atoms with Crippen LogP contribution in [0.5, 0.6) is 5.75 Å². The van der Waals surface area contributed by atoms with Crippen LogP contribution in [0, 0.1) is 11.6 Å². The fourth-order valence-electron chi connectivity index (χ4n) is 1.85. The van der Waals surface area contributed by atoms with Gasteiger partial charge in [-0.3, -0.25) is 4.79 Å². The van der Waals surface area contributed by atoms with Gasteiger partial charge >= 0.3 is 0 Å². The van der Waals surface area contributed by atoms with Gasteiger partial charge in [0.2, 0.25) is 0 Å². The van der Waals surface area contributed by atoms with Crippen molar-refractivity contribution in [2.75, 3.05) is 26.3 Å². The summed E-state index contributed by atoms with van der Waals surface area (Å²) in [5.74, 6) is -2.00. The van der Waals surface area contributed by atoms with Gasteiger partial charge in [-0.15, -0.1) is 0 Å². The summed E-state index contributed by atoms with van der Waals surface area (Å²) in [6.45, 7) is 3.63. The van der Waals surface area contributed by atoms with Crippen molar-refractivity contribution in [2.24, 2.45) is 0 Å². The van der Waals surface area contributed by atoms with Gasteiger partial charge in [0.05, 0.1) is 13.2 Å². The second-order valence-electron chi connectivity index (χ2n) is 4.27. The van der Waals surface area contributed by atoms with Gasteiger partial charge in [0, 0.05) is 19.2 Å². The Morgan fingerprint density at radius 1 is 1.32 bits per heavy atom. The number of carbonyl (C=O) groups excluding carboxylic acids is 1. The van der Waals surface area contributed by atoms with Crippen LogP contribution >= 0.6 is 0 Å². The number of hydrogen-bond donors (Lipinski definition) is 0. The van der Waals surface area contributed by atoms with Crippen molar-refractivity contribution in [3.05, 3.63) is 29.8 Å². The standard InChI is InChI=1S/C13H15F2NO3/c1-9(13(17)16-4-6-18-7-5-16)19-10-2-3-11(14)12(15)8-10/h2-3,8-9H,4-7H2,1H3/t9-/m1/s1. The maximum Gasteiger partial charge on any atom is 0.263 e. The molecule has 2 rings (SSSR count). The topological polar surface area (TPSA) is 38.8 Å². The summed E-state index contributed by atoms with van der Waals surface area (Å²) in [6.07, 6.45) is -0.747. The van der Waals surface area contributed by atoms with E-state index < -0.39 is 17.7 Å². The van der Waals surface area contributed by atoms with Gasteiger partial charge in [0.15, 0.2) is 17.7 Å². The molecule has 104 valence electrons. The van der Waals surface area contributed by atoms with Gasteiger partial charge in [-0.2, -0.15) is 0 Å². The maximum atomic E-state index is 13.0. The van der Waals surface area contributed by atoms with Crippen molar-refractivity contribution in [3.63, 3.8) is 0 Å². The molecule has 0 radical (unpaired) electrons. The van der Waals surface area contributed by atoms with Gasteiger partial charge in [-0.05, 0) is 19.1 Å². The highest BCUT2D eigenvalue weighted by Crippen LogP contribution is 2.17. The van der Waals surface area contributed by atoms with Gasteiger partial charge in [0.1, 0.15) is 5.75 Å². The molecule has 1 saturated heterocycles. The molecule has 0 N–H and O–H groups in total. The molecule has 0 bridgehead atoms. The molecular weight excluding hydrogens is 256 g/mol. The molecule has 4 nitrogen and oxygen atoms in total. The number of halogens is 2. The lowest BCUT2D eigenvalue weighted by molar-refractivity contribution is -0.142. The Kier molecular flexibility index (Phi) is 4.31. The molecule has 1 aliphatic rings. The highest BCUT2D eigenvalue weighted by Gasteiger charge is 2.23. The third-order valence-electron chi connectivity index (χ3n) is 2.87. The Hall–Kier alpha value is -1.69. The summed E-state index contributed by atoms with van der Waals surface area (Å²) < 4.78 is 36.3. The van der Waals surface area contributed by atoms with Gasteiger partial charge in [0.25, 0.3) is 5.91 Å². The molecule has 1 aliphatic heterocycles. The van der Waals surface area contributed by atoms with Crippen LogP contribution in [-0.4, -0.2) is 43.2 Å². The van der Waals surface area contributed by atoms with Crippen molar-refractivity contribution in [3.8, 4) is 5.75 Å². The highest BCUT2D eigenvalue weighted by molar-refractivity contribution is 5.81. The lowest BCUT2D eigenvalue weighted by Gasteiger charge is -2.29. The molecule has 0 unspecified atom stereocenters. The molecule has 1 aromatic carbocycles. The summed E-state index contributed by atoms with van der Waals surface area (Å²) in [5, 5.41) is 0. The minimum absolute atomic E-state index is 0.132. The quantitative estimate of drug-likeness (QED) is 0.838. The van der Waals surface area contributed by atoms with Crippen LogP contribution in [0.15, 0.2) is 18.2 Å². The average molecular weight is 271 g/mol. The minimum Gasteiger partial charge on any atom is -0.481 e. The second-order valence-corrected chi connectivity index (χ2v) is 4.27. The van der Waals surface area contributed by atoms with Gasteiger partial charge in [-0.25, -0.2) is 8.78 Å². The predicted octanol–water partition coefficient (Wildman–Crippen LogP) is 1.59. The van der Waals surface area contributed by atoms with E-state index in [0.717, 1.165) is 12.1 Å². The molecule has 1 aromatic rings. The lowest BCUT2D eigenvalue weighted by atomic mass is 10.3. The number of hydrogen-bond acceptors (Lipinski definition) is 3. The third kappa shape index (κ3) is 3.41. The van der Waals surface area contributed by atoms with E-state index in [0.29, 0.717) is 26.3 Å². The number of nitrogens with zero attached hydrogens (tertiary/aromatic N) is 1. The van der Waals surface area contributed by atoms with E-state index in [2.05, 4.69) is 0 Å². The van der Waals surface area contributed by atoms with Crippen molar-refractivity contribution in [1.82, 2.24) is 4.90 Å². The van der Waals surface area contributed by atoms with Crippen LogP contribution < -0.4 is 4.74 Å². The number of benzene rings is 1. The van der Waals surface area contributed by atoms with Crippen LogP contribution in [0.2, 0.25) is 0 Å². The SMILES string of the molecule is C[C@@H](Oc1ccc(F)c(F)c1)C(=O)N1CCOCC1. The van der Waals surface area contributed by atoms with E-state index in [9.17, 15) is 13.6 Å². The molecule has 0 saturated carbocycles. The Labute approximate surface area is 109 Å². The summed E-state index contributed by atoms with van der Waals surface area (Å²) in [4.78, 5) is 13.7. The number of ether oxygens (including phenoxy) is 2.